The summed E-state index contributed by atoms with van der Waals surface area (Å²) in [6, 6.07) is 21.6. The number of nitrogens with zero attached hydrogens (tertiary/aromatic N) is 2. The first-order chi connectivity index (χ1) is 15.1. The average molecular weight is 414 g/mol. The Morgan fingerprint density at radius 1 is 1.00 bits per heavy atom. The molecule has 3 aromatic rings. The zero-order valence-electron chi connectivity index (χ0n) is 17.8. The van der Waals surface area contributed by atoms with Crippen LogP contribution in [-0.2, 0) is 11.3 Å². The van der Waals surface area contributed by atoms with E-state index in [2.05, 4.69) is 16.4 Å². The molecule has 158 valence electrons. The lowest BCUT2D eigenvalue weighted by molar-refractivity contribution is -0.126. The molecule has 0 bridgehead atoms. The molecule has 5 heteroatoms. The molecular weight excluding hydrogens is 386 g/mol. The summed E-state index contributed by atoms with van der Waals surface area (Å²) in [7, 11) is 0. The van der Waals surface area contributed by atoms with E-state index in [1.807, 2.05) is 66.4 Å². The molecular formula is C26H27N3O2. The predicted molar refractivity (Wildman–Crippen MR) is 121 cm³/mol. The lowest BCUT2D eigenvalue weighted by Crippen LogP contribution is -2.43. The average Bonchev–Trinajstić information content (AvgIpc) is 2.83. The number of hydrogen-bond acceptors (Lipinski definition) is 3. The fourth-order valence-corrected chi connectivity index (χ4v) is 4.01. The van der Waals surface area contributed by atoms with Gasteiger partial charge in [0.1, 0.15) is 0 Å². The third-order valence-corrected chi connectivity index (χ3v) is 5.78. The second-order valence-electron chi connectivity index (χ2n) is 8.07. The van der Waals surface area contributed by atoms with Gasteiger partial charge in [-0.05, 0) is 37.5 Å². The van der Waals surface area contributed by atoms with Gasteiger partial charge in [0.05, 0.1) is 5.69 Å². The number of rotatable bonds is 5. The Hall–Kier alpha value is -3.47. The van der Waals surface area contributed by atoms with Crippen molar-refractivity contribution >= 4 is 11.8 Å². The lowest BCUT2D eigenvalue weighted by atomic mass is 9.95. The van der Waals surface area contributed by atoms with E-state index in [1.165, 1.54) is 5.56 Å². The normalized spacial score (nSPS) is 14.3. The number of aromatic nitrogens is 1. The molecule has 1 fully saturated rings. The van der Waals surface area contributed by atoms with Gasteiger partial charge in [0, 0.05) is 42.9 Å². The van der Waals surface area contributed by atoms with Crippen LogP contribution in [0.2, 0.25) is 0 Å². The number of nitrogens with one attached hydrogen (secondary N) is 1. The number of piperidine rings is 1. The standard InChI is InChI=1S/C26H27N3O2/c1-19-6-5-7-20(16-19)18-28-25(30)22-11-14-29(15-12-22)26(31)23-10-13-27-24(17-23)21-8-3-2-4-9-21/h2-10,13,16-17,22H,11-12,14-15,18H2,1H3,(H,28,30). The van der Waals surface area contributed by atoms with E-state index in [1.54, 1.807) is 12.3 Å². The maximum absolute atomic E-state index is 13.0. The molecule has 2 heterocycles. The first-order valence-corrected chi connectivity index (χ1v) is 10.7. The van der Waals surface area contributed by atoms with Gasteiger partial charge in [-0.3, -0.25) is 14.6 Å². The van der Waals surface area contributed by atoms with Gasteiger partial charge in [0.15, 0.2) is 0 Å². The van der Waals surface area contributed by atoms with Gasteiger partial charge in [0.25, 0.3) is 5.91 Å². The summed E-state index contributed by atoms with van der Waals surface area (Å²) in [5.74, 6) is 0.0215. The molecule has 0 saturated carbocycles. The molecule has 1 aromatic heterocycles. The summed E-state index contributed by atoms with van der Waals surface area (Å²) in [5, 5.41) is 3.05. The maximum Gasteiger partial charge on any atom is 0.253 e. The molecule has 2 aromatic carbocycles. The number of hydrogen-bond donors (Lipinski definition) is 1. The summed E-state index contributed by atoms with van der Waals surface area (Å²) in [5.41, 5.74) is 4.70. The van der Waals surface area contributed by atoms with Crippen molar-refractivity contribution < 1.29 is 9.59 Å². The number of likely N-dealkylation sites (tertiary alicyclic amines) is 1. The fraction of sp³-hybridized carbons (Fsp3) is 0.269. The molecule has 31 heavy (non-hydrogen) atoms. The van der Waals surface area contributed by atoms with E-state index in [0.717, 1.165) is 16.8 Å². The molecule has 0 aliphatic carbocycles. The van der Waals surface area contributed by atoms with Crippen molar-refractivity contribution in [3.05, 3.63) is 89.6 Å². The van der Waals surface area contributed by atoms with Gasteiger partial charge in [-0.15, -0.1) is 0 Å². The van der Waals surface area contributed by atoms with E-state index >= 15 is 0 Å². The number of benzene rings is 2. The maximum atomic E-state index is 13.0. The van der Waals surface area contributed by atoms with Crippen LogP contribution in [0.15, 0.2) is 72.9 Å². The highest BCUT2D eigenvalue weighted by atomic mass is 16.2. The zero-order valence-corrected chi connectivity index (χ0v) is 17.8. The Balaban J connectivity index is 1.32. The Kier molecular flexibility index (Phi) is 6.41. The van der Waals surface area contributed by atoms with Crippen LogP contribution in [0.5, 0.6) is 0 Å². The lowest BCUT2D eigenvalue weighted by Gasteiger charge is -2.31. The van der Waals surface area contributed by atoms with Crippen LogP contribution in [0.3, 0.4) is 0 Å². The van der Waals surface area contributed by atoms with Crippen molar-refractivity contribution in [3.63, 3.8) is 0 Å². The number of carbonyl (C=O) groups is 2. The molecule has 0 radical (unpaired) electrons. The summed E-state index contributed by atoms with van der Waals surface area (Å²) < 4.78 is 0. The number of carbonyl (C=O) groups excluding carboxylic acids is 2. The van der Waals surface area contributed by atoms with E-state index < -0.39 is 0 Å². The van der Waals surface area contributed by atoms with Gasteiger partial charge in [-0.25, -0.2) is 0 Å². The Morgan fingerprint density at radius 2 is 1.77 bits per heavy atom. The van der Waals surface area contributed by atoms with E-state index in [-0.39, 0.29) is 17.7 Å². The quantitative estimate of drug-likeness (QED) is 0.681. The van der Waals surface area contributed by atoms with Crippen molar-refractivity contribution in [2.45, 2.75) is 26.3 Å². The van der Waals surface area contributed by atoms with Crippen LogP contribution in [-0.4, -0.2) is 34.8 Å². The molecule has 1 saturated heterocycles. The van der Waals surface area contributed by atoms with Gasteiger partial charge in [0.2, 0.25) is 5.91 Å². The molecule has 5 nitrogen and oxygen atoms in total. The Labute approximate surface area is 183 Å². The smallest absolute Gasteiger partial charge is 0.253 e. The van der Waals surface area contributed by atoms with E-state index in [4.69, 9.17) is 0 Å². The second-order valence-corrected chi connectivity index (χ2v) is 8.07. The summed E-state index contributed by atoms with van der Waals surface area (Å²) in [4.78, 5) is 31.8. The van der Waals surface area contributed by atoms with Crippen molar-refractivity contribution in [1.82, 2.24) is 15.2 Å². The van der Waals surface area contributed by atoms with Crippen molar-refractivity contribution in [2.75, 3.05) is 13.1 Å². The minimum Gasteiger partial charge on any atom is -0.352 e. The van der Waals surface area contributed by atoms with Crippen molar-refractivity contribution in [3.8, 4) is 11.3 Å². The molecule has 1 N–H and O–H groups in total. The van der Waals surface area contributed by atoms with Crippen molar-refractivity contribution in [2.24, 2.45) is 5.92 Å². The zero-order chi connectivity index (χ0) is 21.6. The van der Waals surface area contributed by atoms with Crippen LogP contribution in [0, 0.1) is 12.8 Å². The van der Waals surface area contributed by atoms with E-state index in [0.29, 0.717) is 38.0 Å². The van der Waals surface area contributed by atoms with Gasteiger partial charge >= 0.3 is 0 Å². The topological polar surface area (TPSA) is 62.3 Å². The molecule has 0 unspecified atom stereocenters. The highest BCUT2D eigenvalue weighted by molar-refractivity contribution is 5.95. The summed E-state index contributed by atoms with van der Waals surface area (Å²) in [6.45, 7) is 3.76. The van der Waals surface area contributed by atoms with Crippen LogP contribution in [0.4, 0.5) is 0 Å². The van der Waals surface area contributed by atoms with E-state index in [9.17, 15) is 9.59 Å². The highest BCUT2D eigenvalue weighted by Crippen LogP contribution is 2.22. The molecule has 0 atom stereocenters. The third kappa shape index (κ3) is 5.18. The van der Waals surface area contributed by atoms with Gasteiger partial charge in [-0.2, -0.15) is 0 Å². The third-order valence-electron chi connectivity index (χ3n) is 5.78. The number of pyridine rings is 1. The van der Waals surface area contributed by atoms with Crippen LogP contribution in [0.1, 0.15) is 34.3 Å². The molecule has 1 aliphatic heterocycles. The monoisotopic (exact) mass is 413 g/mol. The van der Waals surface area contributed by atoms with Gasteiger partial charge < -0.3 is 10.2 Å². The summed E-state index contributed by atoms with van der Waals surface area (Å²) >= 11 is 0. The van der Waals surface area contributed by atoms with Crippen molar-refractivity contribution in [1.29, 1.82) is 0 Å². The molecule has 2 amide bonds. The highest BCUT2D eigenvalue weighted by Gasteiger charge is 2.27. The van der Waals surface area contributed by atoms with Crippen LogP contribution in [0.25, 0.3) is 11.3 Å². The Bertz CT molecular complexity index is 1060. The molecule has 4 rings (SSSR count). The minimum atomic E-state index is -0.0498. The fourth-order valence-electron chi connectivity index (χ4n) is 4.01. The first-order valence-electron chi connectivity index (χ1n) is 10.7. The second kappa shape index (κ2) is 9.56. The van der Waals surface area contributed by atoms with Gasteiger partial charge in [-0.1, -0.05) is 60.2 Å². The first kappa shape index (κ1) is 20.8. The minimum absolute atomic E-state index is 0.00167. The number of aryl methyl sites for hydroxylation is 1. The van der Waals surface area contributed by atoms with Crippen LogP contribution < -0.4 is 5.32 Å². The summed E-state index contributed by atoms with van der Waals surface area (Å²) in [6.07, 6.45) is 3.05. The predicted octanol–water partition coefficient (Wildman–Crippen LogP) is 4.23. The van der Waals surface area contributed by atoms with Crippen LogP contribution >= 0.6 is 0 Å². The molecule has 0 spiro atoms. The Morgan fingerprint density at radius 3 is 2.52 bits per heavy atom. The SMILES string of the molecule is Cc1cccc(CNC(=O)C2CCN(C(=O)c3ccnc(-c4ccccc4)c3)CC2)c1. The largest absolute Gasteiger partial charge is 0.352 e. The molecule has 1 aliphatic rings. The number of amides is 2.